The number of methoxy groups -OCH3 is 1. The van der Waals surface area contributed by atoms with Gasteiger partial charge < -0.3 is 14.4 Å². The summed E-state index contributed by atoms with van der Waals surface area (Å²) in [5, 5.41) is 20.7. The van der Waals surface area contributed by atoms with E-state index in [1.807, 2.05) is 19.2 Å². The van der Waals surface area contributed by atoms with E-state index in [2.05, 4.69) is 64.7 Å². The van der Waals surface area contributed by atoms with Crippen LogP contribution >= 0.6 is 15.9 Å². The first-order chi connectivity index (χ1) is 15.3. The Labute approximate surface area is 198 Å². The molecular formula is C26H30BrN3O2. The van der Waals surface area contributed by atoms with Gasteiger partial charge in [-0.05, 0) is 67.5 Å². The molecule has 168 valence electrons. The van der Waals surface area contributed by atoms with Crippen LogP contribution in [-0.2, 0) is 11.2 Å². The zero-order chi connectivity index (χ0) is 23.0. The number of nitriles is 1. The van der Waals surface area contributed by atoms with Crippen LogP contribution in [0.4, 0.5) is 0 Å². The molecule has 3 aromatic rings. The van der Waals surface area contributed by atoms with Crippen molar-refractivity contribution in [3.63, 3.8) is 0 Å². The second kappa shape index (κ2) is 8.97. The van der Waals surface area contributed by atoms with Crippen molar-refractivity contribution in [2.75, 3.05) is 13.7 Å². The number of ether oxygens (including phenoxy) is 1. The van der Waals surface area contributed by atoms with Crippen molar-refractivity contribution in [2.45, 2.75) is 52.2 Å². The van der Waals surface area contributed by atoms with E-state index in [0.717, 1.165) is 46.2 Å². The maximum absolute atomic E-state index is 10.1. The van der Waals surface area contributed by atoms with Crippen molar-refractivity contribution < 1.29 is 9.84 Å². The van der Waals surface area contributed by atoms with E-state index in [4.69, 9.17) is 9.72 Å². The van der Waals surface area contributed by atoms with Crippen molar-refractivity contribution in [3.8, 4) is 17.3 Å². The van der Waals surface area contributed by atoms with Crippen LogP contribution in [0.2, 0.25) is 0 Å². The Bertz CT molecular complexity index is 1170. The minimum atomic E-state index is -0.278. The number of rotatable bonds is 7. The molecule has 0 saturated heterocycles. The van der Waals surface area contributed by atoms with Gasteiger partial charge in [0.25, 0.3) is 0 Å². The van der Waals surface area contributed by atoms with Gasteiger partial charge in [0, 0.05) is 46.9 Å². The standard InChI is InChI=1S/C26H30BrN3O2/c1-16(32-4)24-20(6-5-9-29-24)25-22(13-26(2,3)15-31)21-12-18(27)7-8-23(21)30(25)19-10-17(11-19)14-28/h5-9,12,16-17,19,31H,10-11,13,15H2,1-4H3/t16-,17?,19?/m0/s1. The minimum Gasteiger partial charge on any atom is -0.396 e. The molecule has 1 aliphatic carbocycles. The Morgan fingerprint density at radius 1 is 1.34 bits per heavy atom. The highest BCUT2D eigenvalue weighted by Crippen LogP contribution is 2.47. The maximum atomic E-state index is 10.1. The predicted molar refractivity (Wildman–Crippen MR) is 130 cm³/mol. The Morgan fingerprint density at radius 2 is 2.09 bits per heavy atom. The summed E-state index contributed by atoms with van der Waals surface area (Å²) in [6.45, 7) is 6.30. The van der Waals surface area contributed by atoms with E-state index in [9.17, 15) is 10.4 Å². The molecule has 1 fully saturated rings. The van der Waals surface area contributed by atoms with Gasteiger partial charge in [-0.1, -0.05) is 29.8 Å². The quantitative estimate of drug-likeness (QED) is 0.422. The molecule has 1 saturated carbocycles. The minimum absolute atomic E-state index is 0.0986. The summed E-state index contributed by atoms with van der Waals surface area (Å²) >= 11 is 3.66. The average molecular weight is 496 g/mol. The number of aromatic nitrogens is 2. The van der Waals surface area contributed by atoms with Crippen LogP contribution in [-0.4, -0.2) is 28.4 Å². The molecule has 5 nitrogen and oxygen atoms in total. The maximum Gasteiger partial charge on any atom is 0.0969 e. The summed E-state index contributed by atoms with van der Waals surface area (Å²) in [7, 11) is 1.70. The number of pyridine rings is 1. The Kier molecular flexibility index (Phi) is 6.44. The van der Waals surface area contributed by atoms with E-state index >= 15 is 0 Å². The number of benzene rings is 1. The summed E-state index contributed by atoms with van der Waals surface area (Å²) in [5.74, 6) is 0.101. The van der Waals surface area contributed by atoms with Crippen LogP contribution in [0.5, 0.6) is 0 Å². The zero-order valence-electron chi connectivity index (χ0n) is 19.1. The zero-order valence-corrected chi connectivity index (χ0v) is 20.7. The van der Waals surface area contributed by atoms with Crippen molar-refractivity contribution in [1.82, 2.24) is 9.55 Å². The Hall–Kier alpha value is -2.20. The molecule has 0 spiro atoms. The van der Waals surface area contributed by atoms with Crippen LogP contribution < -0.4 is 0 Å². The molecular weight excluding hydrogens is 466 g/mol. The fraction of sp³-hybridized carbons (Fsp3) is 0.462. The monoisotopic (exact) mass is 495 g/mol. The normalized spacial score (nSPS) is 19.5. The predicted octanol–water partition coefficient (Wildman–Crippen LogP) is 6.21. The Balaban J connectivity index is 2.05. The van der Waals surface area contributed by atoms with Gasteiger partial charge in [0.15, 0.2) is 0 Å². The van der Waals surface area contributed by atoms with Gasteiger partial charge in [-0.15, -0.1) is 0 Å². The molecule has 0 radical (unpaired) electrons. The van der Waals surface area contributed by atoms with E-state index in [-0.39, 0.29) is 30.1 Å². The highest BCUT2D eigenvalue weighted by molar-refractivity contribution is 9.10. The molecule has 0 unspecified atom stereocenters. The van der Waals surface area contributed by atoms with Gasteiger partial charge in [0.2, 0.25) is 0 Å². The van der Waals surface area contributed by atoms with Crippen LogP contribution in [0.15, 0.2) is 41.0 Å². The van der Waals surface area contributed by atoms with Gasteiger partial charge in [-0.25, -0.2) is 0 Å². The molecule has 6 heteroatoms. The lowest BCUT2D eigenvalue weighted by molar-refractivity contribution is 0.116. The molecule has 1 N–H and O–H groups in total. The lowest BCUT2D eigenvalue weighted by Gasteiger charge is -2.35. The van der Waals surface area contributed by atoms with Gasteiger partial charge in [0.05, 0.1) is 29.5 Å². The number of fused-ring (bicyclic) bond motifs is 1. The number of hydrogen-bond donors (Lipinski definition) is 1. The first-order valence-corrected chi connectivity index (χ1v) is 11.9. The topological polar surface area (TPSA) is 71.1 Å². The van der Waals surface area contributed by atoms with Crippen molar-refractivity contribution in [1.29, 1.82) is 5.26 Å². The number of aliphatic hydroxyl groups excluding tert-OH is 1. The molecule has 4 rings (SSSR count). The van der Waals surface area contributed by atoms with Crippen LogP contribution in [0.3, 0.4) is 0 Å². The van der Waals surface area contributed by atoms with Crippen LogP contribution in [0.1, 0.15) is 57.0 Å². The van der Waals surface area contributed by atoms with Crippen molar-refractivity contribution in [3.05, 3.63) is 52.3 Å². The van der Waals surface area contributed by atoms with Gasteiger partial charge in [0.1, 0.15) is 0 Å². The summed E-state index contributed by atoms with van der Waals surface area (Å²) in [6, 6.07) is 13.2. The molecule has 1 aromatic carbocycles. The number of hydrogen-bond acceptors (Lipinski definition) is 4. The smallest absolute Gasteiger partial charge is 0.0969 e. The molecule has 2 heterocycles. The SMILES string of the molecule is CO[C@@H](C)c1ncccc1-c1c(CC(C)(C)CO)c2cc(Br)ccc2n1C1CC(C#N)C1. The summed E-state index contributed by atoms with van der Waals surface area (Å²) in [5.41, 5.74) is 5.18. The van der Waals surface area contributed by atoms with Crippen LogP contribution in [0.25, 0.3) is 22.2 Å². The third kappa shape index (κ3) is 4.10. The van der Waals surface area contributed by atoms with Gasteiger partial charge in [-0.2, -0.15) is 5.26 Å². The molecule has 1 aliphatic rings. The third-order valence-electron chi connectivity index (χ3n) is 6.65. The fourth-order valence-electron chi connectivity index (χ4n) is 4.70. The van der Waals surface area contributed by atoms with E-state index in [1.54, 1.807) is 7.11 Å². The number of halogens is 1. The fourth-order valence-corrected chi connectivity index (χ4v) is 5.06. The van der Waals surface area contributed by atoms with Gasteiger partial charge in [-0.3, -0.25) is 4.98 Å². The number of aliphatic hydroxyl groups is 1. The van der Waals surface area contributed by atoms with Crippen molar-refractivity contribution >= 4 is 26.8 Å². The van der Waals surface area contributed by atoms with E-state index in [0.29, 0.717) is 0 Å². The Morgan fingerprint density at radius 3 is 2.75 bits per heavy atom. The average Bonchev–Trinajstić information content (AvgIpc) is 3.05. The summed E-state index contributed by atoms with van der Waals surface area (Å²) in [4.78, 5) is 4.70. The first-order valence-electron chi connectivity index (χ1n) is 11.1. The molecule has 0 amide bonds. The highest BCUT2D eigenvalue weighted by atomic mass is 79.9. The molecule has 0 aliphatic heterocycles. The van der Waals surface area contributed by atoms with E-state index < -0.39 is 0 Å². The van der Waals surface area contributed by atoms with Gasteiger partial charge >= 0.3 is 0 Å². The summed E-state index contributed by atoms with van der Waals surface area (Å²) < 4.78 is 9.11. The molecule has 0 bridgehead atoms. The third-order valence-corrected chi connectivity index (χ3v) is 7.14. The first kappa shape index (κ1) is 23.0. The highest BCUT2D eigenvalue weighted by Gasteiger charge is 2.36. The largest absolute Gasteiger partial charge is 0.396 e. The van der Waals surface area contributed by atoms with Crippen molar-refractivity contribution in [2.24, 2.45) is 11.3 Å². The van der Waals surface area contributed by atoms with Crippen LogP contribution in [0, 0.1) is 22.7 Å². The number of nitrogens with zero attached hydrogens (tertiary/aromatic N) is 3. The molecule has 2 aromatic heterocycles. The second-order valence-electron chi connectivity index (χ2n) is 9.62. The lowest BCUT2D eigenvalue weighted by Crippen LogP contribution is -2.27. The molecule has 1 atom stereocenters. The van der Waals surface area contributed by atoms with E-state index in [1.165, 1.54) is 10.9 Å². The lowest BCUT2D eigenvalue weighted by atomic mass is 9.80. The summed E-state index contributed by atoms with van der Waals surface area (Å²) in [6.07, 6.45) is 4.08. The second-order valence-corrected chi connectivity index (χ2v) is 10.5. The molecule has 32 heavy (non-hydrogen) atoms.